The Hall–Kier alpha value is -3.43. The molecule has 6 nitrogen and oxygen atoms in total. The summed E-state index contributed by atoms with van der Waals surface area (Å²) in [6.45, 7) is 0. The molecule has 0 aliphatic heterocycles. The SMILES string of the molecule is NC(=O)c1nccc2[nH]ccc(=O)c12.Oc1c(C2CC[C@H]3[C@@H]2CCC3(F)F)ccc(F)c1F. The summed E-state index contributed by atoms with van der Waals surface area (Å²) in [4.78, 5) is 29.0. The summed E-state index contributed by atoms with van der Waals surface area (Å²) in [5.74, 6) is -7.72. The van der Waals surface area contributed by atoms with Gasteiger partial charge in [0.1, 0.15) is 5.69 Å². The molecule has 2 fully saturated rings. The molecule has 10 heteroatoms. The van der Waals surface area contributed by atoms with Crippen molar-refractivity contribution in [3.63, 3.8) is 0 Å². The highest BCUT2D eigenvalue weighted by molar-refractivity contribution is 6.03. The van der Waals surface area contributed by atoms with E-state index in [-0.39, 0.29) is 40.3 Å². The number of carbonyl (C=O) groups excluding carboxylic acids is 1. The van der Waals surface area contributed by atoms with Crippen LogP contribution in [0.1, 0.15) is 47.7 Å². The number of nitrogens with one attached hydrogen (secondary N) is 1. The number of H-pyrrole nitrogens is 1. The van der Waals surface area contributed by atoms with Crippen LogP contribution < -0.4 is 11.2 Å². The number of phenolic OH excluding ortho intramolecular Hbond substituents is 1. The van der Waals surface area contributed by atoms with Gasteiger partial charge in [0.2, 0.25) is 5.82 Å². The van der Waals surface area contributed by atoms with Crippen LogP contribution in [0, 0.1) is 23.5 Å². The van der Waals surface area contributed by atoms with Gasteiger partial charge < -0.3 is 15.8 Å². The van der Waals surface area contributed by atoms with Gasteiger partial charge in [-0.2, -0.15) is 4.39 Å². The number of nitrogens with zero attached hydrogens (tertiary/aromatic N) is 1. The van der Waals surface area contributed by atoms with Crippen LogP contribution in [-0.4, -0.2) is 26.9 Å². The molecule has 1 amide bonds. The first-order valence-electron chi connectivity index (χ1n) is 10.4. The highest BCUT2D eigenvalue weighted by Crippen LogP contribution is 2.59. The molecule has 0 spiro atoms. The van der Waals surface area contributed by atoms with Gasteiger partial charge in [-0.25, -0.2) is 13.2 Å². The van der Waals surface area contributed by atoms with Gasteiger partial charge >= 0.3 is 0 Å². The molecule has 3 aromatic rings. The smallest absolute Gasteiger partial charge is 0.268 e. The predicted molar refractivity (Wildman–Crippen MR) is 112 cm³/mol. The molecule has 33 heavy (non-hydrogen) atoms. The van der Waals surface area contributed by atoms with E-state index in [9.17, 15) is 32.3 Å². The van der Waals surface area contributed by atoms with Gasteiger partial charge in [-0.1, -0.05) is 6.07 Å². The predicted octanol–water partition coefficient (Wildman–Crippen LogP) is 4.23. The monoisotopic (exact) mass is 463 g/mol. The number of carbonyl (C=O) groups is 1. The molecule has 3 atom stereocenters. The Labute approximate surface area is 185 Å². The van der Waals surface area contributed by atoms with Crippen molar-refractivity contribution in [3.05, 3.63) is 69.8 Å². The zero-order chi connectivity index (χ0) is 23.9. The third kappa shape index (κ3) is 4.05. The first kappa shape index (κ1) is 22.8. The minimum atomic E-state index is -2.66. The maximum Gasteiger partial charge on any atom is 0.268 e. The Kier molecular flexibility index (Phi) is 5.85. The van der Waals surface area contributed by atoms with Gasteiger partial charge in [0, 0.05) is 36.4 Å². The fourth-order valence-electron chi connectivity index (χ4n) is 5.09. The van der Waals surface area contributed by atoms with Gasteiger partial charge in [-0.15, -0.1) is 0 Å². The number of halogens is 4. The van der Waals surface area contributed by atoms with Crippen LogP contribution in [0.5, 0.6) is 5.75 Å². The zero-order valence-electron chi connectivity index (χ0n) is 17.3. The van der Waals surface area contributed by atoms with E-state index in [4.69, 9.17) is 5.73 Å². The van der Waals surface area contributed by atoms with Crippen LogP contribution >= 0.6 is 0 Å². The first-order valence-corrected chi connectivity index (χ1v) is 10.4. The quantitative estimate of drug-likeness (QED) is 0.494. The second-order valence-electron chi connectivity index (χ2n) is 8.34. The standard InChI is InChI=1S/C14H14F4O.C9H7N3O2/c15-11-4-2-9(13(19)12(11)16)7-1-3-10-8(7)5-6-14(10,17)18;10-9(14)8-7-5(1-3-12-8)11-4-2-6(7)13/h2,4,7-8,10,19H,1,3,5-6H2;1-4H,(H2,10,14)(H,11,13)/t7?,8-,10+;/m1./s1. The van der Waals surface area contributed by atoms with E-state index in [1.807, 2.05) is 0 Å². The van der Waals surface area contributed by atoms with E-state index in [0.717, 1.165) is 6.07 Å². The number of alkyl halides is 2. The summed E-state index contributed by atoms with van der Waals surface area (Å²) in [7, 11) is 0. The minimum absolute atomic E-state index is 0.00403. The number of aromatic nitrogens is 2. The molecule has 0 bridgehead atoms. The molecule has 174 valence electrons. The number of hydrogen-bond acceptors (Lipinski definition) is 4. The minimum Gasteiger partial charge on any atom is -0.505 e. The number of nitrogens with two attached hydrogens (primary N) is 1. The Bertz CT molecular complexity index is 1270. The van der Waals surface area contributed by atoms with E-state index in [1.165, 1.54) is 24.5 Å². The number of primary amides is 1. The van der Waals surface area contributed by atoms with Gasteiger partial charge in [-0.05, 0) is 43.2 Å². The molecular formula is C23H21F4N3O3. The number of hydrogen-bond donors (Lipinski definition) is 3. The third-order valence-corrected chi connectivity index (χ3v) is 6.58. The summed E-state index contributed by atoms with van der Waals surface area (Å²) >= 11 is 0. The van der Waals surface area contributed by atoms with E-state index < -0.39 is 35.1 Å². The molecule has 1 unspecified atom stereocenters. The van der Waals surface area contributed by atoms with Crippen molar-refractivity contribution in [1.29, 1.82) is 0 Å². The lowest BCUT2D eigenvalue weighted by atomic mass is 9.85. The number of pyridine rings is 2. The van der Waals surface area contributed by atoms with Crippen molar-refractivity contribution < 1.29 is 27.5 Å². The fraction of sp³-hybridized carbons (Fsp3) is 0.348. The van der Waals surface area contributed by atoms with Gasteiger partial charge in [0.15, 0.2) is 17.0 Å². The van der Waals surface area contributed by atoms with Crippen LogP contribution in [0.2, 0.25) is 0 Å². The number of benzene rings is 1. The number of rotatable bonds is 2. The third-order valence-electron chi connectivity index (χ3n) is 6.58. The molecule has 4 N–H and O–H groups in total. The molecular weight excluding hydrogens is 442 g/mol. The number of phenols is 1. The van der Waals surface area contributed by atoms with Crippen LogP contribution in [0.25, 0.3) is 10.9 Å². The average Bonchev–Trinajstić information content (AvgIpc) is 3.33. The topological polar surface area (TPSA) is 109 Å². The van der Waals surface area contributed by atoms with Gasteiger partial charge in [0.05, 0.1) is 10.9 Å². The number of aromatic hydroxyl groups is 1. The molecule has 2 saturated carbocycles. The van der Waals surface area contributed by atoms with Crippen LogP contribution in [-0.2, 0) is 0 Å². The van der Waals surface area contributed by atoms with Crippen LogP contribution in [0.3, 0.4) is 0 Å². The van der Waals surface area contributed by atoms with Gasteiger partial charge in [0.25, 0.3) is 11.8 Å². The van der Waals surface area contributed by atoms with E-state index in [2.05, 4.69) is 9.97 Å². The lowest BCUT2D eigenvalue weighted by Gasteiger charge is -2.21. The molecule has 0 radical (unpaired) electrons. The Morgan fingerprint density at radius 3 is 2.64 bits per heavy atom. The van der Waals surface area contributed by atoms with Crippen LogP contribution in [0.4, 0.5) is 17.6 Å². The Morgan fingerprint density at radius 1 is 1.15 bits per heavy atom. The van der Waals surface area contributed by atoms with Crippen LogP contribution in [0.15, 0.2) is 41.5 Å². The van der Waals surface area contributed by atoms with E-state index >= 15 is 0 Å². The summed E-state index contributed by atoms with van der Waals surface area (Å²) in [5.41, 5.74) is 5.66. The largest absolute Gasteiger partial charge is 0.505 e. The normalized spacial score (nSPS) is 23.1. The fourth-order valence-corrected chi connectivity index (χ4v) is 5.09. The second kappa shape index (κ2) is 8.49. The Balaban J connectivity index is 0.000000165. The second-order valence-corrected chi connectivity index (χ2v) is 8.34. The van der Waals surface area contributed by atoms with Gasteiger partial charge in [-0.3, -0.25) is 14.6 Å². The van der Waals surface area contributed by atoms with E-state index in [1.54, 1.807) is 6.07 Å². The molecule has 2 aliphatic carbocycles. The summed E-state index contributed by atoms with van der Waals surface area (Å²) < 4.78 is 53.6. The van der Waals surface area contributed by atoms with Crippen molar-refractivity contribution >= 4 is 16.8 Å². The molecule has 2 aromatic heterocycles. The highest BCUT2D eigenvalue weighted by Gasteiger charge is 2.55. The van der Waals surface area contributed by atoms with E-state index in [0.29, 0.717) is 24.8 Å². The summed E-state index contributed by atoms with van der Waals surface area (Å²) in [6, 6.07) is 5.21. The first-order chi connectivity index (χ1) is 15.6. The maximum atomic E-state index is 13.6. The molecule has 2 aliphatic rings. The molecule has 0 saturated heterocycles. The number of fused-ring (bicyclic) bond motifs is 2. The van der Waals surface area contributed by atoms with Crippen molar-refractivity contribution in [2.45, 2.75) is 37.5 Å². The molecule has 2 heterocycles. The van der Waals surface area contributed by atoms with Crippen molar-refractivity contribution in [1.82, 2.24) is 9.97 Å². The summed E-state index contributed by atoms with van der Waals surface area (Å²) in [5, 5.41) is 9.92. The summed E-state index contributed by atoms with van der Waals surface area (Å²) in [6.07, 6.45) is 4.03. The number of amides is 1. The lowest BCUT2D eigenvalue weighted by Crippen LogP contribution is -2.22. The Morgan fingerprint density at radius 2 is 1.91 bits per heavy atom. The van der Waals surface area contributed by atoms with Crippen molar-refractivity contribution in [3.8, 4) is 5.75 Å². The maximum absolute atomic E-state index is 13.6. The molecule has 1 aromatic carbocycles. The highest BCUT2D eigenvalue weighted by atomic mass is 19.3. The average molecular weight is 463 g/mol. The zero-order valence-corrected chi connectivity index (χ0v) is 17.3. The number of aromatic amines is 1. The molecule has 5 rings (SSSR count). The van der Waals surface area contributed by atoms with Crippen molar-refractivity contribution in [2.75, 3.05) is 0 Å². The van der Waals surface area contributed by atoms with Crippen molar-refractivity contribution in [2.24, 2.45) is 17.6 Å². The lowest BCUT2D eigenvalue weighted by molar-refractivity contribution is -0.0409.